The molecule has 0 spiro atoms. The molecule has 1 fully saturated rings. The number of nitrogens with one attached hydrogen (secondary N) is 1. The summed E-state index contributed by atoms with van der Waals surface area (Å²) in [5, 5.41) is 9.89. The van der Waals surface area contributed by atoms with Crippen LogP contribution in [0.4, 0.5) is 4.79 Å². The van der Waals surface area contributed by atoms with Gasteiger partial charge in [0.1, 0.15) is 18.2 Å². The largest absolute Gasteiger partial charge is 0.496 e. The molecule has 5 rings (SSSR count). The quantitative estimate of drug-likeness (QED) is 0.0795. The Labute approximate surface area is 301 Å². The first-order valence-corrected chi connectivity index (χ1v) is 21.6. The minimum absolute atomic E-state index is 0.0235. The molecule has 0 aliphatic carbocycles. The van der Waals surface area contributed by atoms with Crippen molar-refractivity contribution < 1.29 is 33.6 Å². The lowest BCUT2D eigenvalue weighted by Gasteiger charge is -2.39. The van der Waals surface area contributed by atoms with E-state index in [9.17, 15) is 14.7 Å². The van der Waals surface area contributed by atoms with E-state index in [-0.39, 0.29) is 31.0 Å². The number of fused-ring (bicyclic) bond motifs is 1. The van der Waals surface area contributed by atoms with Gasteiger partial charge in [-0.3, -0.25) is 4.57 Å². The Morgan fingerprint density at radius 2 is 1.78 bits per heavy atom. The second kappa shape index (κ2) is 17.9. The maximum absolute atomic E-state index is 13.1. The Hall–Kier alpha value is -4.10. The van der Waals surface area contributed by atoms with E-state index in [0.717, 1.165) is 51.7 Å². The van der Waals surface area contributed by atoms with Crippen LogP contribution in [-0.4, -0.2) is 79.8 Å². The van der Waals surface area contributed by atoms with Crippen LogP contribution < -0.4 is 15.2 Å². The monoisotopic (exact) mass is 719 g/mol. The van der Waals surface area contributed by atoms with Gasteiger partial charge in [0.25, 0.3) is 0 Å². The minimum atomic E-state index is -1.28. The maximum atomic E-state index is 13.1. The molecular weight excluding hydrogens is 667 g/mol. The number of para-hydroxylation sites is 2. The van der Waals surface area contributed by atoms with E-state index in [1.54, 1.807) is 11.7 Å². The molecule has 51 heavy (non-hydrogen) atoms. The smallest absolute Gasteiger partial charge is 0.407 e. The van der Waals surface area contributed by atoms with Gasteiger partial charge in [-0.25, -0.2) is 9.59 Å². The van der Waals surface area contributed by atoms with E-state index < -0.39 is 20.3 Å². The zero-order valence-corrected chi connectivity index (χ0v) is 31.6. The van der Waals surface area contributed by atoms with E-state index in [0.29, 0.717) is 45.8 Å². The van der Waals surface area contributed by atoms with Crippen LogP contribution in [0.3, 0.4) is 0 Å². The molecule has 1 aromatic heterocycles. The highest BCUT2D eigenvalue weighted by atomic mass is 28.3. The molecule has 3 aromatic carbocycles. The summed E-state index contributed by atoms with van der Waals surface area (Å²) in [7, 11) is 0.375. The highest BCUT2D eigenvalue weighted by molar-refractivity contribution is 6.76. The van der Waals surface area contributed by atoms with Gasteiger partial charge in [-0.1, -0.05) is 69.0 Å². The molecule has 1 amide bonds. The van der Waals surface area contributed by atoms with Crippen molar-refractivity contribution in [1.29, 1.82) is 0 Å². The predicted molar refractivity (Wildman–Crippen MR) is 201 cm³/mol. The van der Waals surface area contributed by atoms with E-state index >= 15 is 0 Å². The molecule has 0 bridgehead atoms. The SMILES string of the molecule is CCC(OC1CN(C(=O)O)CCC1c1ccc(OCCCOCc2ccccc2OC)cc1)c1cccc2[nH]c(=O)n(COCC[Si](C)(C)C)c12. The Kier molecular flexibility index (Phi) is 13.4. The van der Waals surface area contributed by atoms with Crippen molar-refractivity contribution >= 4 is 25.2 Å². The number of carbonyl (C=O) groups is 1. The number of aromatic nitrogens is 2. The molecule has 3 atom stereocenters. The standard InChI is InChI=1S/C39H53N3O8Si/c1-6-34(32-12-9-13-33-37(32)42(38(43)40-33)27-48-23-24-51(3,4)5)50-36-25-41(39(44)45)20-19-31(36)28-15-17-30(18-16-28)49-22-10-21-47-26-29-11-7-8-14-35(29)46-2/h7-9,11-18,31,34,36H,6,10,19-27H2,1-5H3,(H,40,43)(H,44,45). The van der Waals surface area contributed by atoms with Crippen LogP contribution in [0.15, 0.2) is 71.5 Å². The highest BCUT2D eigenvalue weighted by Gasteiger charge is 2.35. The molecule has 2 heterocycles. The summed E-state index contributed by atoms with van der Waals surface area (Å²) in [4.78, 5) is 29.5. The number of carboxylic acid groups (broad SMARTS) is 1. The fraction of sp³-hybridized carbons (Fsp3) is 0.487. The number of piperidine rings is 1. The van der Waals surface area contributed by atoms with Crippen LogP contribution in [0.2, 0.25) is 25.7 Å². The topological polar surface area (TPSA) is 124 Å². The first kappa shape index (κ1) is 38.1. The molecular formula is C39H53N3O8Si. The van der Waals surface area contributed by atoms with Crippen molar-refractivity contribution in [1.82, 2.24) is 14.5 Å². The van der Waals surface area contributed by atoms with E-state index in [1.165, 1.54) is 4.90 Å². The summed E-state index contributed by atoms with van der Waals surface area (Å²) in [5.41, 5.74) is 4.22. The number of H-pyrrole nitrogens is 1. The molecule has 2 N–H and O–H groups in total. The van der Waals surface area contributed by atoms with Gasteiger partial charge in [0.15, 0.2) is 0 Å². The average Bonchev–Trinajstić information content (AvgIpc) is 3.45. The van der Waals surface area contributed by atoms with E-state index in [1.807, 2.05) is 73.7 Å². The lowest BCUT2D eigenvalue weighted by molar-refractivity contribution is -0.0583. The van der Waals surface area contributed by atoms with E-state index in [4.69, 9.17) is 23.7 Å². The molecule has 0 saturated carbocycles. The predicted octanol–water partition coefficient (Wildman–Crippen LogP) is 7.64. The van der Waals surface area contributed by atoms with Crippen molar-refractivity contribution in [2.75, 3.05) is 40.0 Å². The minimum Gasteiger partial charge on any atom is -0.496 e. The fourth-order valence-electron chi connectivity index (χ4n) is 6.54. The molecule has 4 aromatic rings. The van der Waals surface area contributed by atoms with E-state index in [2.05, 4.69) is 24.6 Å². The summed E-state index contributed by atoms with van der Waals surface area (Å²) in [6.07, 6.45) is 0.288. The summed E-state index contributed by atoms with van der Waals surface area (Å²) < 4.78 is 31.7. The van der Waals surface area contributed by atoms with Gasteiger partial charge in [-0.05, 0) is 48.7 Å². The number of ether oxygens (including phenoxy) is 5. The second-order valence-corrected chi connectivity index (χ2v) is 19.9. The number of nitrogens with zero attached hydrogens (tertiary/aromatic N) is 2. The van der Waals surface area contributed by atoms with Crippen molar-refractivity contribution in [3.63, 3.8) is 0 Å². The van der Waals surface area contributed by atoms with Crippen molar-refractivity contribution in [3.05, 3.63) is 93.9 Å². The molecule has 1 aliphatic rings. The number of hydrogen-bond acceptors (Lipinski definition) is 7. The molecule has 0 radical (unpaired) electrons. The van der Waals surface area contributed by atoms with Crippen LogP contribution in [0.5, 0.6) is 11.5 Å². The normalized spacial score (nSPS) is 17.1. The summed E-state index contributed by atoms with van der Waals surface area (Å²) in [6.45, 7) is 11.9. The Balaban J connectivity index is 1.24. The number of aromatic amines is 1. The number of imidazole rings is 1. The Bertz CT molecular complexity index is 1770. The summed E-state index contributed by atoms with van der Waals surface area (Å²) in [5.74, 6) is 1.56. The zero-order chi connectivity index (χ0) is 36.4. The number of methoxy groups -OCH3 is 1. The fourth-order valence-corrected chi connectivity index (χ4v) is 7.30. The maximum Gasteiger partial charge on any atom is 0.407 e. The molecule has 1 saturated heterocycles. The van der Waals surface area contributed by atoms with Crippen LogP contribution in [0.1, 0.15) is 54.9 Å². The third-order valence-corrected chi connectivity index (χ3v) is 11.1. The molecule has 3 unspecified atom stereocenters. The zero-order valence-electron chi connectivity index (χ0n) is 30.6. The van der Waals surface area contributed by atoms with Gasteiger partial charge in [-0.2, -0.15) is 0 Å². The van der Waals surface area contributed by atoms with Crippen molar-refractivity contribution in [2.24, 2.45) is 0 Å². The first-order chi connectivity index (χ1) is 24.6. The third kappa shape index (κ3) is 10.2. The van der Waals surface area contributed by atoms with Gasteiger partial charge in [0.2, 0.25) is 0 Å². The van der Waals surface area contributed by atoms with Gasteiger partial charge in [0, 0.05) is 44.7 Å². The lowest BCUT2D eigenvalue weighted by atomic mass is 9.86. The molecule has 276 valence electrons. The number of benzene rings is 3. The number of amides is 1. The number of hydrogen-bond donors (Lipinski definition) is 2. The van der Waals surface area contributed by atoms with Gasteiger partial charge in [0.05, 0.1) is 56.7 Å². The summed E-state index contributed by atoms with van der Waals surface area (Å²) >= 11 is 0. The van der Waals surface area contributed by atoms with Crippen molar-refractivity contribution in [2.45, 2.75) is 83.3 Å². The third-order valence-electron chi connectivity index (χ3n) is 9.39. The molecule has 11 nitrogen and oxygen atoms in total. The van der Waals surface area contributed by atoms with Gasteiger partial charge < -0.3 is 38.7 Å². The van der Waals surface area contributed by atoms with Gasteiger partial charge in [-0.15, -0.1) is 0 Å². The average molecular weight is 720 g/mol. The molecule has 12 heteroatoms. The van der Waals surface area contributed by atoms with Crippen LogP contribution >= 0.6 is 0 Å². The first-order valence-electron chi connectivity index (χ1n) is 17.9. The summed E-state index contributed by atoms with van der Waals surface area (Å²) in [6, 6.07) is 22.7. The van der Waals surface area contributed by atoms with Crippen LogP contribution in [0, 0.1) is 0 Å². The molecule has 1 aliphatic heterocycles. The van der Waals surface area contributed by atoms with Crippen molar-refractivity contribution in [3.8, 4) is 11.5 Å². The van der Waals surface area contributed by atoms with Gasteiger partial charge >= 0.3 is 11.8 Å². The second-order valence-electron chi connectivity index (χ2n) is 14.3. The van der Waals surface area contributed by atoms with Crippen LogP contribution in [0.25, 0.3) is 11.0 Å². The highest BCUT2D eigenvalue weighted by Crippen LogP contribution is 2.37. The number of rotatable bonds is 18. The Morgan fingerprint density at radius 3 is 2.51 bits per heavy atom. The number of likely N-dealkylation sites (tertiary alicyclic amines) is 1. The van der Waals surface area contributed by atoms with Crippen LogP contribution in [-0.2, 0) is 27.5 Å². The Morgan fingerprint density at radius 1 is 1.00 bits per heavy atom. The lowest BCUT2D eigenvalue weighted by Crippen LogP contribution is -2.46.